The first-order valence-corrected chi connectivity index (χ1v) is 9.08. The minimum Gasteiger partial charge on any atom is -0.381 e. The summed E-state index contributed by atoms with van der Waals surface area (Å²) in [5.41, 5.74) is 2.91. The zero-order valence-electron chi connectivity index (χ0n) is 14.6. The monoisotopic (exact) mass is 324 g/mol. The van der Waals surface area contributed by atoms with E-state index < -0.39 is 6.10 Å². The first kappa shape index (κ1) is 18.4. The summed E-state index contributed by atoms with van der Waals surface area (Å²) in [6.45, 7) is 2.20. The molecule has 2 aromatic carbocycles. The number of rotatable bonds is 10. The van der Waals surface area contributed by atoms with Gasteiger partial charge in [-0.15, -0.1) is 0 Å². The molecule has 0 saturated heterocycles. The van der Waals surface area contributed by atoms with Crippen LogP contribution < -0.4 is 0 Å². The molecular formula is C22H28O2. The van der Waals surface area contributed by atoms with Crippen LogP contribution in [0.25, 0.3) is 11.1 Å². The van der Waals surface area contributed by atoms with Crippen LogP contribution in [0.5, 0.6) is 0 Å². The maximum Gasteiger partial charge on any atom is 0.165 e. The lowest BCUT2D eigenvalue weighted by Crippen LogP contribution is -2.11. The van der Waals surface area contributed by atoms with Gasteiger partial charge in [0.25, 0.3) is 0 Å². The van der Waals surface area contributed by atoms with E-state index in [4.69, 9.17) is 0 Å². The van der Waals surface area contributed by atoms with Gasteiger partial charge in [0.1, 0.15) is 6.10 Å². The molecule has 0 spiro atoms. The second-order valence-electron chi connectivity index (χ2n) is 6.37. The second-order valence-corrected chi connectivity index (χ2v) is 6.37. The molecule has 2 heteroatoms. The third-order valence-corrected chi connectivity index (χ3v) is 4.42. The van der Waals surface area contributed by atoms with Crippen molar-refractivity contribution in [2.45, 2.75) is 58.0 Å². The normalized spacial score (nSPS) is 12.1. The Hall–Kier alpha value is -1.93. The summed E-state index contributed by atoms with van der Waals surface area (Å²) in [5.74, 6) is -0.0713. The van der Waals surface area contributed by atoms with Crippen LogP contribution in [0.2, 0.25) is 0 Å². The Morgan fingerprint density at radius 1 is 0.833 bits per heavy atom. The lowest BCUT2D eigenvalue weighted by Gasteiger charge is -2.11. The largest absolute Gasteiger partial charge is 0.381 e. The molecule has 0 fully saturated rings. The number of carbonyl (C=O) groups excluding carboxylic acids is 1. The van der Waals surface area contributed by atoms with Gasteiger partial charge >= 0.3 is 0 Å². The lowest BCUT2D eigenvalue weighted by molar-refractivity contribution is -0.127. The third kappa shape index (κ3) is 5.61. The Bertz CT molecular complexity index is 602. The van der Waals surface area contributed by atoms with Gasteiger partial charge in [-0.3, -0.25) is 4.79 Å². The third-order valence-electron chi connectivity index (χ3n) is 4.42. The highest BCUT2D eigenvalue weighted by Gasteiger charge is 2.16. The number of aliphatic hydroxyl groups excluding tert-OH is 1. The highest BCUT2D eigenvalue weighted by atomic mass is 16.3. The van der Waals surface area contributed by atoms with Crippen LogP contribution >= 0.6 is 0 Å². The summed E-state index contributed by atoms with van der Waals surface area (Å²) in [5, 5.41) is 10.2. The van der Waals surface area contributed by atoms with Crippen LogP contribution in [-0.2, 0) is 4.79 Å². The maximum absolute atomic E-state index is 12.1. The molecule has 1 unspecified atom stereocenters. The van der Waals surface area contributed by atoms with Crippen molar-refractivity contribution in [3.05, 3.63) is 60.2 Å². The predicted octanol–water partition coefficient (Wildman–Crippen LogP) is 5.71. The minimum absolute atomic E-state index is 0.0713. The van der Waals surface area contributed by atoms with E-state index in [2.05, 4.69) is 19.1 Å². The van der Waals surface area contributed by atoms with E-state index >= 15 is 0 Å². The summed E-state index contributed by atoms with van der Waals surface area (Å²) < 4.78 is 0. The molecule has 0 heterocycles. The van der Waals surface area contributed by atoms with Crippen LogP contribution in [0.15, 0.2) is 54.6 Å². The quantitative estimate of drug-likeness (QED) is 0.569. The number of Topliss-reactive ketones (excluding diaryl/α,β-unsaturated/α-hetero) is 1. The topological polar surface area (TPSA) is 37.3 Å². The van der Waals surface area contributed by atoms with E-state index in [1.165, 1.54) is 25.7 Å². The van der Waals surface area contributed by atoms with E-state index in [0.717, 1.165) is 24.0 Å². The van der Waals surface area contributed by atoms with E-state index in [1.54, 1.807) is 0 Å². The van der Waals surface area contributed by atoms with Crippen molar-refractivity contribution < 1.29 is 9.90 Å². The molecule has 0 aliphatic heterocycles. The number of hydrogen-bond acceptors (Lipinski definition) is 2. The van der Waals surface area contributed by atoms with Crippen LogP contribution in [0.3, 0.4) is 0 Å². The van der Waals surface area contributed by atoms with Gasteiger partial charge in [-0.1, -0.05) is 93.6 Å². The molecule has 0 aromatic heterocycles. The predicted molar refractivity (Wildman–Crippen MR) is 99.8 cm³/mol. The first-order valence-electron chi connectivity index (χ1n) is 9.08. The molecule has 2 rings (SSSR count). The molecule has 1 atom stereocenters. The molecule has 1 N–H and O–H groups in total. The van der Waals surface area contributed by atoms with Gasteiger partial charge in [0.05, 0.1) is 0 Å². The Balaban J connectivity index is 1.83. The molecular weight excluding hydrogens is 296 g/mol. The summed E-state index contributed by atoms with van der Waals surface area (Å²) in [6.07, 6.45) is 6.35. The average Bonchev–Trinajstić information content (AvgIpc) is 2.64. The molecule has 0 amide bonds. The highest BCUT2D eigenvalue weighted by Crippen LogP contribution is 2.23. The number of carbonyl (C=O) groups is 1. The van der Waals surface area contributed by atoms with E-state index in [0.29, 0.717) is 12.0 Å². The van der Waals surface area contributed by atoms with E-state index in [1.807, 2.05) is 42.5 Å². The Kier molecular flexibility index (Phi) is 7.70. The van der Waals surface area contributed by atoms with Crippen molar-refractivity contribution in [3.63, 3.8) is 0 Å². The fourth-order valence-corrected chi connectivity index (χ4v) is 2.89. The smallest absolute Gasteiger partial charge is 0.165 e. The molecule has 128 valence electrons. The number of ketones is 1. The molecule has 2 aromatic rings. The van der Waals surface area contributed by atoms with Crippen molar-refractivity contribution in [3.8, 4) is 11.1 Å². The van der Waals surface area contributed by atoms with Gasteiger partial charge in [0.15, 0.2) is 5.78 Å². The summed E-state index contributed by atoms with van der Waals surface area (Å²) in [6, 6.07) is 17.7. The molecule has 24 heavy (non-hydrogen) atoms. The fourth-order valence-electron chi connectivity index (χ4n) is 2.89. The van der Waals surface area contributed by atoms with Gasteiger partial charge in [-0.2, -0.15) is 0 Å². The number of hydrogen-bond donors (Lipinski definition) is 1. The summed E-state index contributed by atoms with van der Waals surface area (Å²) in [4.78, 5) is 12.1. The van der Waals surface area contributed by atoms with E-state index in [-0.39, 0.29) is 5.78 Å². The summed E-state index contributed by atoms with van der Waals surface area (Å²) in [7, 11) is 0. The van der Waals surface area contributed by atoms with Crippen molar-refractivity contribution in [1.29, 1.82) is 0 Å². The second kappa shape index (κ2) is 10.0. The Morgan fingerprint density at radius 2 is 1.42 bits per heavy atom. The first-order chi connectivity index (χ1) is 11.7. The fraction of sp³-hybridized carbons (Fsp3) is 0.409. The molecule has 2 nitrogen and oxygen atoms in total. The average molecular weight is 324 g/mol. The zero-order valence-corrected chi connectivity index (χ0v) is 14.6. The van der Waals surface area contributed by atoms with Gasteiger partial charge < -0.3 is 5.11 Å². The molecule has 0 saturated carbocycles. The van der Waals surface area contributed by atoms with Crippen molar-refractivity contribution >= 4 is 5.78 Å². The standard InChI is InChI=1S/C22H28O2/c1-2-3-4-5-6-10-13-21(23)22(24)20-16-14-19(15-17-20)18-11-8-7-9-12-18/h7-9,11-12,14-17,22,24H,2-6,10,13H2,1H3. The lowest BCUT2D eigenvalue weighted by atomic mass is 9.98. The zero-order chi connectivity index (χ0) is 17.2. The summed E-state index contributed by atoms with van der Waals surface area (Å²) >= 11 is 0. The van der Waals surface area contributed by atoms with Gasteiger partial charge in [-0.05, 0) is 23.1 Å². The maximum atomic E-state index is 12.1. The van der Waals surface area contributed by atoms with E-state index in [9.17, 15) is 9.90 Å². The molecule has 0 aliphatic carbocycles. The minimum atomic E-state index is -0.995. The number of benzene rings is 2. The molecule has 0 radical (unpaired) electrons. The Morgan fingerprint density at radius 3 is 2.08 bits per heavy atom. The van der Waals surface area contributed by atoms with Gasteiger partial charge in [0.2, 0.25) is 0 Å². The van der Waals surface area contributed by atoms with Gasteiger partial charge in [-0.25, -0.2) is 0 Å². The SMILES string of the molecule is CCCCCCCCC(=O)C(O)c1ccc(-c2ccccc2)cc1. The molecule has 0 aliphatic rings. The van der Waals surface area contributed by atoms with Crippen LogP contribution in [0.4, 0.5) is 0 Å². The number of unbranched alkanes of at least 4 members (excludes halogenated alkanes) is 5. The van der Waals surface area contributed by atoms with Crippen LogP contribution in [0.1, 0.15) is 63.5 Å². The number of aliphatic hydroxyl groups is 1. The van der Waals surface area contributed by atoms with Gasteiger partial charge in [0, 0.05) is 6.42 Å². The van der Waals surface area contributed by atoms with Crippen LogP contribution in [-0.4, -0.2) is 10.9 Å². The molecule has 0 bridgehead atoms. The van der Waals surface area contributed by atoms with Crippen molar-refractivity contribution in [1.82, 2.24) is 0 Å². The highest BCUT2D eigenvalue weighted by molar-refractivity contribution is 5.84. The Labute approximate surface area is 145 Å². The van der Waals surface area contributed by atoms with Crippen LogP contribution in [0, 0.1) is 0 Å². The van der Waals surface area contributed by atoms with Crippen molar-refractivity contribution in [2.75, 3.05) is 0 Å². The van der Waals surface area contributed by atoms with Crippen molar-refractivity contribution in [2.24, 2.45) is 0 Å².